The van der Waals surface area contributed by atoms with Crippen molar-refractivity contribution >= 4 is 6.09 Å². The van der Waals surface area contributed by atoms with E-state index < -0.39 is 6.09 Å². The van der Waals surface area contributed by atoms with Crippen molar-refractivity contribution in [2.75, 3.05) is 19.6 Å². The number of nitrogens with zero attached hydrogens (tertiary/aromatic N) is 2. The van der Waals surface area contributed by atoms with E-state index in [1.807, 2.05) is 13.8 Å². The van der Waals surface area contributed by atoms with Crippen LogP contribution in [0.3, 0.4) is 0 Å². The van der Waals surface area contributed by atoms with Gasteiger partial charge in [0.2, 0.25) is 11.7 Å². The second-order valence-corrected chi connectivity index (χ2v) is 5.35. The molecule has 0 bridgehead atoms. The van der Waals surface area contributed by atoms with E-state index in [1.165, 1.54) is 0 Å². The molecule has 0 aliphatic carbocycles. The van der Waals surface area contributed by atoms with Crippen molar-refractivity contribution < 1.29 is 14.1 Å². The summed E-state index contributed by atoms with van der Waals surface area (Å²) < 4.78 is 10.1. The van der Waals surface area contributed by atoms with E-state index in [4.69, 9.17) is 9.26 Å². The molecular formula is C13H22N4O3. The number of carbonyl (C=O) groups excluding carboxylic acids is 1. The van der Waals surface area contributed by atoms with E-state index in [1.54, 1.807) is 0 Å². The lowest BCUT2D eigenvalue weighted by Crippen LogP contribution is -2.36. The molecule has 2 N–H and O–H groups in total. The zero-order valence-electron chi connectivity index (χ0n) is 12.0. The number of rotatable bonds is 5. The van der Waals surface area contributed by atoms with Crippen LogP contribution in [-0.2, 0) is 11.3 Å². The third-order valence-electron chi connectivity index (χ3n) is 3.30. The minimum atomic E-state index is -0.431. The Morgan fingerprint density at radius 2 is 2.25 bits per heavy atom. The monoisotopic (exact) mass is 282 g/mol. The summed E-state index contributed by atoms with van der Waals surface area (Å²) >= 11 is 0. The first kappa shape index (κ1) is 14.8. The Bertz CT molecular complexity index is 427. The van der Waals surface area contributed by atoms with Crippen LogP contribution >= 0.6 is 0 Å². The molecule has 1 saturated heterocycles. The molecule has 1 aromatic rings. The lowest BCUT2D eigenvalue weighted by atomic mass is 9.98. The van der Waals surface area contributed by atoms with Gasteiger partial charge < -0.3 is 19.9 Å². The first-order valence-corrected chi connectivity index (χ1v) is 7.09. The maximum atomic E-state index is 11.6. The van der Waals surface area contributed by atoms with Crippen molar-refractivity contribution in [3.63, 3.8) is 0 Å². The number of piperidine rings is 1. The van der Waals surface area contributed by atoms with Crippen LogP contribution in [0.4, 0.5) is 4.79 Å². The number of alkyl carbamates (subject to hydrolysis) is 1. The molecular weight excluding hydrogens is 260 g/mol. The molecule has 0 saturated carbocycles. The first-order chi connectivity index (χ1) is 9.65. The molecule has 7 nitrogen and oxygen atoms in total. The summed E-state index contributed by atoms with van der Waals surface area (Å²) in [4.78, 5) is 15.7. The summed E-state index contributed by atoms with van der Waals surface area (Å²) in [5.41, 5.74) is 0. The van der Waals surface area contributed by atoms with Crippen molar-refractivity contribution in [2.24, 2.45) is 5.92 Å². The highest BCUT2D eigenvalue weighted by atomic mass is 16.6. The molecule has 1 fully saturated rings. The quantitative estimate of drug-likeness (QED) is 0.849. The Labute approximate surface area is 118 Å². The largest absolute Gasteiger partial charge is 0.441 e. The molecule has 0 radical (unpaired) electrons. The van der Waals surface area contributed by atoms with Gasteiger partial charge in [0.1, 0.15) is 0 Å². The standard InChI is InChI=1S/C13H22N4O3/c1-9(2)12-16-11(17-20-12)8-19-13(18)15-7-10-3-5-14-6-4-10/h9-10,14H,3-8H2,1-2H3,(H,15,18). The van der Waals surface area contributed by atoms with E-state index >= 15 is 0 Å². The van der Waals surface area contributed by atoms with Gasteiger partial charge in [-0.3, -0.25) is 0 Å². The van der Waals surface area contributed by atoms with Gasteiger partial charge in [-0.1, -0.05) is 19.0 Å². The van der Waals surface area contributed by atoms with Gasteiger partial charge in [-0.05, 0) is 31.8 Å². The Hall–Kier alpha value is -1.63. The minimum absolute atomic E-state index is 0.0360. The fraction of sp³-hybridized carbons (Fsp3) is 0.769. The van der Waals surface area contributed by atoms with Crippen LogP contribution in [0.15, 0.2) is 4.52 Å². The Morgan fingerprint density at radius 1 is 1.50 bits per heavy atom. The molecule has 1 amide bonds. The summed E-state index contributed by atoms with van der Waals surface area (Å²) in [5, 5.41) is 9.83. The molecule has 0 aromatic carbocycles. The summed E-state index contributed by atoms with van der Waals surface area (Å²) in [7, 11) is 0. The molecule has 1 aliphatic rings. The third-order valence-corrected chi connectivity index (χ3v) is 3.30. The van der Waals surface area contributed by atoms with Gasteiger partial charge in [-0.2, -0.15) is 4.98 Å². The number of carbonyl (C=O) groups is 1. The average molecular weight is 282 g/mol. The van der Waals surface area contributed by atoms with Gasteiger partial charge in [-0.15, -0.1) is 0 Å². The molecule has 0 spiro atoms. The number of hydrogen-bond acceptors (Lipinski definition) is 6. The van der Waals surface area contributed by atoms with Crippen LogP contribution in [0.5, 0.6) is 0 Å². The van der Waals surface area contributed by atoms with Crippen molar-refractivity contribution in [1.82, 2.24) is 20.8 Å². The second-order valence-electron chi connectivity index (χ2n) is 5.35. The van der Waals surface area contributed by atoms with Crippen molar-refractivity contribution in [2.45, 2.75) is 39.2 Å². The highest BCUT2D eigenvalue weighted by Crippen LogP contribution is 2.11. The van der Waals surface area contributed by atoms with Crippen LogP contribution in [0, 0.1) is 5.92 Å². The normalized spacial score (nSPS) is 16.4. The maximum absolute atomic E-state index is 11.6. The van der Waals surface area contributed by atoms with Crippen molar-refractivity contribution in [3.05, 3.63) is 11.7 Å². The first-order valence-electron chi connectivity index (χ1n) is 7.09. The highest BCUT2D eigenvalue weighted by Gasteiger charge is 2.15. The number of hydrogen-bond donors (Lipinski definition) is 2. The Morgan fingerprint density at radius 3 is 2.90 bits per heavy atom. The van der Waals surface area contributed by atoms with E-state index in [9.17, 15) is 4.79 Å². The average Bonchev–Trinajstić information content (AvgIpc) is 2.93. The van der Waals surface area contributed by atoms with Crippen LogP contribution < -0.4 is 10.6 Å². The molecule has 1 aliphatic heterocycles. The number of ether oxygens (including phenoxy) is 1. The van der Waals surface area contributed by atoms with Gasteiger partial charge in [-0.25, -0.2) is 4.79 Å². The van der Waals surface area contributed by atoms with Gasteiger partial charge in [0, 0.05) is 12.5 Å². The second kappa shape index (κ2) is 7.23. The molecule has 0 unspecified atom stereocenters. The predicted molar refractivity (Wildman–Crippen MR) is 72.2 cm³/mol. The lowest BCUT2D eigenvalue weighted by Gasteiger charge is -2.22. The predicted octanol–water partition coefficient (Wildman–Crippen LogP) is 1.42. The van der Waals surface area contributed by atoms with Crippen LogP contribution in [0.25, 0.3) is 0 Å². The highest BCUT2D eigenvalue weighted by molar-refractivity contribution is 5.67. The number of aromatic nitrogens is 2. The zero-order valence-corrected chi connectivity index (χ0v) is 12.0. The number of amides is 1. The summed E-state index contributed by atoms with van der Waals surface area (Å²) in [6.45, 7) is 6.65. The van der Waals surface area contributed by atoms with Gasteiger partial charge in [0.15, 0.2) is 6.61 Å². The fourth-order valence-corrected chi connectivity index (χ4v) is 2.06. The summed E-state index contributed by atoms with van der Waals surface area (Å²) in [6, 6.07) is 0. The summed E-state index contributed by atoms with van der Waals surface area (Å²) in [6.07, 6.45) is 1.74. The minimum Gasteiger partial charge on any atom is -0.441 e. The molecule has 2 rings (SSSR count). The van der Waals surface area contributed by atoms with Gasteiger partial charge in [0.05, 0.1) is 0 Å². The van der Waals surface area contributed by atoms with Gasteiger partial charge >= 0.3 is 6.09 Å². The smallest absolute Gasteiger partial charge is 0.407 e. The zero-order chi connectivity index (χ0) is 14.4. The SMILES string of the molecule is CC(C)c1nc(COC(=O)NCC2CCNCC2)no1. The van der Waals surface area contributed by atoms with Crippen LogP contribution in [-0.4, -0.2) is 35.9 Å². The third kappa shape index (κ3) is 4.48. The van der Waals surface area contributed by atoms with Crippen LogP contribution in [0.1, 0.15) is 44.3 Å². The molecule has 2 heterocycles. The Kier molecular flexibility index (Phi) is 5.34. The fourth-order valence-electron chi connectivity index (χ4n) is 2.06. The lowest BCUT2D eigenvalue weighted by molar-refractivity contribution is 0.133. The van der Waals surface area contributed by atoms with E-state index in [0.717, 1.165) is 25.9 Å². The molecule has 112 valence electrons. The van der Waals surface area contributed by atoms with Crippen LogP contribution in [0.2, 0.25) is 0 Å². The van der Waals surface area contributed by atoms with Crippen molar-refractivity contribution in [3.8, 4) is 0 Å². The van der Waals surface area contributed by atoms with E-state index in [2.05, 4.69) is 20.8 Å². The van der Waals surface area contributed by atoms with Crippen molar-refractivity contribution in [1.29, 1.82) is 0 Å². The maximum Gasteiger partial charge on any atom is 0.407 e. The topological polar surface area (TPSA) is 89.3 Å². The Balaban J connectivity index is 1.66. The molecule has 1 aromatic heterocycles. The van der Waals surface area contributed by atoms with E-state index in [0.29, 0.717) is 24.2 Å². The molecule has 0 atom stereocenters. The molecule has 7 heteroatoms. The van der Waals surface area contributed by atoms with E-state index in [-0.39, 0.29) is 12.5 Å². The summed E-state index contributed by atoms with van der Waals surface area (Å²) in [5.74, 6) is 1.65. The molecule has 20 heavy (non-hydrogen) atoms. The number of nitrogens with one attached hydrogen (secondary N) is 2. The van der Waals surface area contributed by atoms with Gasteiger partial charge in [0.25, 0.3) is 0 Å².